The molecule has 0 aromatic carbocycles. The number of rotatable bonds is 2. The summed E-state index contributed by atoms with van der Waals surface area (Å²) in [6.45, 7) is 1.88. The summed E-state index contributed by atoms with van der Waals surface area (Å²) >= 11 is 0. The van der Waals surface area contributed by atoms with E-state index in [0.29, 0.717) is 17.7 Å². The standard InChI is InChI=1S/C7H10N2O2/c1-3-6-5(7(10)11)4-9(2)8-6/h4H,3H2,1-2H3,(H,10,11). The quantitative estimate of drug-likeness (QED) is 0.681. The van der Waals surface area contributed by atoms with Crippen molar-refractivity contribution in [2.24, 2.45) is 7.05 Å². The average molecular weight is 154 g/mol. The van der Waals surface area contributed by atoms with Gasteiger partial charge in [-0.05, 0) is 6.42 Å². The first-order chi connectivity index (χ1) is 5.15. The Hall–Kier alpha value is -1.32. The van der Waals surface area contributed by atoms with Crippen LogP contribution in [-0.4, -0.2) is 20.9 Å². The molecule has 0 fully saturated rings. The highest BCUT2D eigenvalue weighted by atomic mass is 16.4. The lowest BCUT2D eigenvalue weighted by atomic mass is 10.2. The molecule has 0 unspecified atom stereocenters. The topological polar surface area (TPSA) is 55.1 Å². The van der Waals surface area contributed by atoms with Crippen molar-refractivity contribution in [1.82, 2.24) is 9.78 Å². The number of aryl methyl sites for hydroxylation is 2. The van der Waals surface area contributed by atoms with Crippen LogP contribution in [-0.2, 0) is 13.5 Å². The molecule has 0 aliphatic heterocycles. The molecule has 0 amide bonds. The van der Waals surface area contributed by atoms with Crippen LogP contribution in [0.3, 0.4) is 0 Å². The Kier molecular flexibility index (Phi) is 1.94. The van der Waals surface area contributed by atoms with Gasteiger partial charge >= 0.3 is 5.97 Å². The summed E-state index contributed by atoms with van der Waals surface area (Å²) in [5.74, 6) is -0.907. The van der Waals surface area contributed by atoms with E-state index >= 15 is 0 Å². The minimum atomic E-state index is -0.907. The van der Waals surface area contributed by atoms with Gasteiger partial charge in [0.1, 0.15) is 5.56 Å². The second-order valence-electron chi connectivity index (χ2n) is 2.32. The van der Waals surface area contributed by atoms with Crippen molar-refractivity contribution < 1.29 is 9.90 Å². The van der Waals surface area contributed by atoms with Gasteiger partial charge in [0.25, 0.3) is 0 Å². The van der Waals surface area contributed by atoms with E-state index in [1.165, 1.54) is 10.9 Å². The van der Waals surface area contributed by atoms with Crippen LogP contribution >= 0.6 is 0 Å². The number of aromatic nitrogens is 2. The molecule has 60 valence electrons. The van der Waals surface area contributed by atoms with Crippen molar-refractivity contribution in [3.63, 3.8) is 0 Å². The van der Waals surface area contributed by atoms with E-state index in [1.54, 1.807) is 7.05 Å². The monoisotopic (exact) mass is 154 g/mol. The number of nitrogens with zero attached hydrogens (tertiary/aromatic N) is 2. The third kappa shape index (κ3) is 1.39. The van der Waals surface area contributed by atoms with Gasteiger partial charge in [0.05, 0.1) is 5.69 Å². The zero-order chi connectivity index (χ0) is 8.43. The van der Waals surface area contributed by atoms with Crippen LogP contribution in [0.25, 0.3) is 0 Å². The summed E-state index contributed by atoms with van der Waals surface area (Å²) in [7, 11) is 1.71. The molecule has 0 bridgehead atoms. The van der Waals surface area contributed by atoms with E-state index in [0.717, 1.165) is 0 Å². The highest BCUT2D eigenvalue weighted by Crippen LogP contribution is 2.05. The van der Waals surface area contributed by atoms with Gasteiger partial charge in [-0.2, -0.15) is 5.10 Å². The number of aromatic carboxylic acids is 1. The van der Waals surface area contributed by atoms with Crippen LogP contribution in [0.4, 0.5) is 0 Å². The maximum absolute atomic E-state index is 10.5. The van der Waals surface area contributed by atoms with Gasteiger partial charge in [0.15, 0.2) is 0 Å². The largest absolute Gasteiger partial charge is 0.478 e. The average Bonchev–Trinajstić information content (AvgIpc) is 2.30. The van der Waals surface area contributed by atoms with Gasteiger partial charge in [-0.25, -0.2) is 4.79 Å². The number of hydrogen-bond acceptors (Lipinski definition) is 2. The van der Waals surface area contributed by atoms with Gasteiger partial charge in [0, 0.05) is 13.2 Å². The lowest BCUT2D eigenvalue weighted by molar-refractivity contribution is 0.0695. The smallest absolute Gasteiger partial charge is 0.339 e. The zero-order valence-corrected chi connectivity index (χ0v) is 6.53. The van der Waals surface area contributed by atoms with Crippen molar-refractivity contribution >= 4 is 5.97 Å². The Labute approximate surface area is 64.5 Å². The first kappa shape index (κ1) is 7.78. The minimum absolute atomic E-state index is 0.301. The Bertz CT molecular complexity index is 278. The highest BCUT2D eigenvalue weighted by molar-refractivity contribution is 5.88. The fourth-order valence-electron chi connectivity index (χ4n) is 0.974. The van der Waals surface area contributed by atoms with E-state index in [1.807, 2.05) is 6.92 Å². The van der Waals surface area contributed by atoms with Crippen molar-refractivity contribution in [2.75, 3.05) is 0 Å². The lowest BCUT2D eigenvalue weighted by Crippen LogP contribution is -1.98. The molecule has 1 rings (SSSR count). The second-order valence-corrected chi connectivity index (χ2v) is 2.32. The third-order valence-electron chi connectivity index (χ3n) is 1.47. The molecule has 0 spiro atoms. The van der Waals surface area contributed by atoms with Gasteiger partial charge in [0.2, 0.25) is 0 Å². The van der Waals surface area contributed by atoms with E-state index in [9.17, 15) is 4.79 Å². The van der Waals surface area contributed by atoms with Crippen LogP contribution in [0.5, 0.6) is 0 Å². The van der Waals surface area contributed by atoms with Crippen molar-refractivity contribution in [1.29, 1.82) is 0 Å². The highest BCUT2D eigenvalue weighted by Gasteiger charge is 2.11. The SMILES string of the molecule is CCc1nn(C)cc1C(=O)O. The fourth-order valence-corrected chi connectivity index (χ4v) is 0.974. The minimum Gasteiger partial charge on any atom is -0.478 e. The Morgan fingerprint density at radius 3 is 2.82 bits per heavy atom. The summed E-state index contributed by atoms with van der Waals surface area (Å²) in [4.78, 5) is 10.5. The molecule has 1 aromatic heterocycles. The number of carboxylic acids is 1. The summed E-state index contributed by atoms with van der Waals surface area (Å²) < 4.78 is 1.52. The molecule has 1 heterocycles. The Morgan fingerprint density at radius 1 is 1.82 bits per heavy atom. The summed E-state index contributed by atoms with van der Waals surface area (Å²) in [6, 6.07) is 0. The van der Waals surface area contributed by atoms with Gasteiger partial charge < -0.3 is 5.11 Å². The van der Waals surface area contributed by atoms with Crippen LogP contribution in [0.1, 0.15) is 23.0 Å². The van der Waals surface area contributed by atoms with Crippen molar-refractivity contribution in [3.8, 4) is 0 Å². The Morgan fingerprint density at radius 2 is 2.45 bits per heavy atom. The molecule has 4 heteroatoms. The maximum atomic E-state index is 10.5. The molecule has 0 saturated carbocycles. The molecule has 0 radical (unpaired) electrons. The summed E-state index contributed by atoms with van der Waals surface area (Å²) in [5.41, 5.74) is 0.940. The molecule has 1 N–H and O–H groups in total. The lowest BCUT2D eigenvalue weighted by Gasteiger charge is -1.89. The van der Waals surface area contributed by atoms with Crippen LogP contribution in [0.15, 0.2) is 6.20 Å². The maximum Gasteiger partial charge on any atom is 0.339 e. The molecule has 0 aliphatic rings. The number of carboxylic acid groups (broad SMARTS) is 1. The fraction of sp³-hybridized carbons (Fsp3) is 0.429. The predicted molar refractivity (Wildman–Crippen MR) is 39.5 cm³/mol. The molecule has 0 aliphatic carbocycles. The van der Waals surface area contributed by atoms with E-state index < -0.39 is 5.97 Å². The predicted octanol–water partition coefficient (Wildman–Crippen LogP) is 0.681. The molecule has 1 aromatic rings. The Balaban J connectivity index is 3.12. The van der Waals surface area contributed by atoms with E-state index in [2.05, 4.69) is 5.10 Å². The van der Waals surface area contributed by atoms with Crippen LogP contribution < -0.4 is 0 Å². The zero-order valence-electron chi connectivity index (χ0n) is 6.53. The molecule has 0 atom stereocenters. The molecule has 0 saturated heterocycles. The summed E-state index contributed by atoms with van der Waals surface area (Å²) in [5, 5.41) is 12.6. The van der Waals surface area contributed by atoms with Gasteiger partial charge in [-0.15, -0.1) is 0 Å². The number of carbonyl (C=O) groups is 1. The van der Waals surface area contributed by atoms with Crippen molar-refractivity contribution in [2.45, 2.75) is 13.3 Å². The van der Waals surface area contributed by atoms with E-state index in [4.69, 9.17) is 5.11 Å². The molecular weight excluding hydrogens is 144 g/mol. The van der Waals surface area contributed by atoms with E-state index in [-0.39, 0.29) is 0 Å². The first-order valence-corrected chi connectivity index (χ1v) is 3.41. The van der Waals surface area contributed by atoms with Gasteiger partial charge in [-0.1, -0.05) is 6.92 Å². The van der Waals surface area contributed by atoms with Gasteiger partial charge in [-0.3, -0.25) is 4.68 Å². The van der Waals surface area contributed by atoms with Crippen molar-refractivity contribution in [3.05, 3.63) is 17.5 Å². The first-order valence-electron chi connectivity index (χ1n) is 3.41. The molecule has 11 heavy (non-hydrogen) atoms. The normalized spacial score (nSPS) is 10.0. The van der Waals surface area contributed by atoms with Crippen LogP contribution in [0.2, 0.25) is 0 Å². The molecular formula is C7H10N2O2. The van der Waals surface area contributed by atoms with Crippen LogP contribution in [0, 0.1) is 0 Å². The summed E-state index contributed by atoms with van der Waals surface area (Å²) in [6.07, 6.45) is 2.17. The third-order valence-corrected chi connectivity index (χ3v) is 1.47. The molecule has 4 nitrogen and oxygen atoms in total. The number of hydrogen-bond donors (Lipinski definition) is 1. The second kappa shape index (κ2) is 2.74.